The largest absolute Gasteiger partial charge is 0.273 e. The van der Waals surface area contributed by atoms with Crippen molar-refractivity contribution in [2.45, 2.75) is 6.42 Å². The van der Waals surface area contributed by atoms with Gasteiger partial charge in [0.2, 0.25) is 5.91 Å². The van der Waals surface area contributed by atoms with Crippen molar-refractivity contribution in [3.05, 3.63) is 30.1 Å². The minimum Gasteiger partial charge on any atom is -0.273 e. The van der Waals surface area contributed by atoms with E-state index in [9.17, 15) is 4.79 Å². The number of hydrogen-bond acceptors (Lipinski definition) is 2. The summed E-state index contributed by atoms with van der Waals surface area (Å²) in [6.07, 6.45) is 3.40. The molecule has 3 heteroatoms. The zero-order chi connectivity index (χ0) is 7.40. The number of nitrogens with zero attached hydrogens (tertiary/aromatic N) is 1. The Kier molecular flexibility index (Phi) is 1.99. The van der Waals surface area contributed by atoms with E-state index in [2.05, 4.69) is 4.98 Å². The number of nitrogens with one attached hydrogen (secondary N) is 1. The Balaban J connectivity index is 2.67. The van der Waals surface area contributed by atoms with Crippen molar-refractivity contribution in [2.24, 2.45) is 0 Å². The summed E-state index contributed by atoms with van der Waals surface area (Å²) in [6.45, 7) is 0. The maximum atomic E-state index is 10.3. The van der Waals surface area contributed by atoms with E-state index in [4.69, 9.17) is 5.73 Å². The topological polar surface area (TPSA) is 53.8 Å². The number of aromatic nitrogens is 1. The summed E-state index contributed by atoms with van der Waals surface area (Å²) in [5, 5.41) is 0. The van der Waals surface area contributed by atoms with Crippen LogP contribution in [-0.4, -0.2) is 10.9 Å². The number of pyridine rings is 1. The quantitative estimate of drug-likeness (QED) is 0.590. The van der Waals surface area contributed by atoms with Crippen molar-refractivity contribution in [1.82, 2.24) is 10.7 Å². The number of amides is 1. The first-order valence-electron chi connectivity index (χ1n) is 2.92. The fourth-order valence-corrected chi connectivity index (χ4v) is 0.686. The molecular weight excluding hydrogens is 128 g/mol. The molecule has 1 aromatic rings. The Hall–Kier alpha value is -1.38. The molecule has 0 aliphatic carbocycles. The number of carbonyl (C=O) groups excluding carboxylic acids is 1. The minimum absolute atomic E-state index is 0.183. The molecule has 3 nitrogen and oxygen atoms in total. The molecule has 0 aliphatic rings. The molecule has 1 heterocycles. The van der Waals surface area contributed by atoms with E-state index in [1.165, 1.54) is 0 Å². The highest BCUT2D eigenvalue weighted by Gasteiger charge is 1.95. The summed E-state index contributed by atoms with van der Waals surface area (Å²) in [7, 11) is 0. The third kappa shape index (κ3) is 1.85. The smallest absolute Gasteiger partial charge is 0.242 e. The lowest BCUT2D eigenvalue weighted by molar-refractivity contribution is -0.118. The SMILES string of the molecule is [NH]C(=O)Cc1ccncc1. The summed E-state index contributed by atoms with van der Waals surface area (Å²) < 4.78 is 0. The van der Waals surface area contributed by atoms with Crippen molar-refractivity contribution in [3.63, 3.8) is 0 Å². The standard InChI is InChI=1S/C7H7N2O/c8-7(10)5-6-1-3-9-4-2-6/h1-4,8H,5H2. The molecule has 0 spiro atoms. The third-order valence-corrected chi connectivity index (χ3v) is 1.11. The normalized spacial score (nSPS) is 9.20. The van der Waals surface area contributed by atoms with Crippen LogP contribution in [0.15, 0.2) is 24.5 Å². The first-order valence-corrected chi connectivity index (χ1v) is 2.92. The Morgan fingerprint density at radius 1 is 1.50 bits per heavy atom. The molecule has 1 amide bonds. The van der Waals surface area contributed by atoms with Gasteiger partial charge < -0.3 is 0 Å². The molecule has 0 aliphatic heterocycles. The van der Waals surface area contributed by atoms with Gasteiger partial charge in [0.25, 0.3) is 0 Å². The monoisotopic (exact) mass is 135 g/mol. The summed E-state index contributed by atoms with van der Waals surface area (Å²) in [6, 6.07) is 3.46. The maximum absolute atomic E-state index is 10.3. The Morgan fingerprint density at radius 3 is 2.60 bits per heavy atom. The van der Waals surface area contributed by atoms with Crippen LogP contribution in [0.1, 0.15) is 5.56 Å². The van der Waals surface area contributed by atoms with Crippen LogP contribution in [0, 0.1) is 0 Å². The highest BCUT2D eigenvalue weighted by Crippen LogP contribution is 1.95. The van der Waals surface area contributed by atoms with E-state index >= 15 is 0 Å². The van der Waals surface area contributed by atoms with Gasteiger partial charge in [0.05, 0.1) is 6.42 Å². The molecule has 1 N–H and O–H groups in total. The molecule has 0 atom stereocenters. The molecule has 0 saturated carbocycles. The molecule has 1 radical (unpaired) electrons. The van der Waals surface area contributed by atoms with Crippen LogP contribution >= 0.6 is 0 Å². The van der Waals surface area contributed by atoms with Gasteiger partial charge >= 0.3 is 0 Å². The van der Waals surface area contributed by atoms with Crippen LogP contribution in [0.25, 0.3) is 0 Å². The highest BCUT2D eigenvalue weighted by molar-refractivity contribution is 5.75. The van der Waals surface area contributed by atoms with Crippen LogP contribution in [0.4, 0.5) is 0 Å². The van der Waals surface area contributed by atoms with E-state index in [1.807, 2.05) is 0 Å². The second kappa shape index (κ2) is 2.96. The lowest BCUT2D eigenvalue weighted by Crippen LogP contribution is -2.01. The summed E-state index contributed by atoms with van der Waals surface area (Å²) in [4.78, 5) is 14.0. The lowest BCUT2D eigenvalue weighted by atomic mass is 10.2. The van der Waals surface area contributed by atoms with Crippen molar-refractivity contribution < 1.29 is 4.79 Å². The molecule has 1 aromatic heterocycles. The number of rotatable bonds is 2. The summed E-state index contributed by atoms with van der Waals surface area (Å²) in [5.41, 5.74) is 7.50. The van der Waals surface area contributed by atoms with E-state index in [0.717, 1.165) is 5.56 Å². The van der Waals surface area contributed by atoms with Gasteiger partial charge in [-0.25, -0.2) is 0 Å². The Bertz CT molecular complexity index is 220. The molecule has 0 unspecified atom stereocenters. The highest BCUT2D eigenvalue weighted by atomic mass is 16.1. The first-order chi connectivity index (χ1) is 4.79. The third-order valence-electron chi connectivity index (χ3n) is 1.11. The second-order valence-corrected chi connectivity index (χ2v) is 1.96. The predicted molar refractivity (Wildman–Crippen MR) is 36.0 cm³/mol. The van der Waals surface area contributed by atoms with E-state index in [1.54, 1.807) is 24.5 Å². The van der Waals surface area contributed by atoms with E-state index in [-0.39, 0.29) is 6.42 Å². The minimum atomic E-state index is -0.564. The van der Waals surface area contributed by atoms with Crippen molar-refractivity contribution >= 4 is 5.91 Å². The van der Waals surface area contributed by atoms with Gasteiger partial charge in [-0.2, -0.15) is 0 Å². The van der Waals surface area contributed by atoms with Crippen LogP contribution in [0.5, 0.6) is 0 Å². The van der Waals surface area contributed by atoms with Gasteiger partial charge in [-0.05, 0) is 17.7 Å². The average molecular weight is 135 g/mol. The van der Waals surface area contributed by atoms with Crippen molar-refractivity contribution in [2.75, 3.05) is 0 Å². The number of hydrogen-bond donors (Lipinski definition) is 0. The molecule has 0 saturated heterocycles. The van der Waals surface area contributed by atoms with Crippen molar-refractivity contribution in [3.8, 4) is 0 Å². The van der Waals surface area contributed by atoms with Gasteiger partial charge in [-0.1, -0.05) is 0 Å². The van der Waals surface area contributed by atoms with Gasteiger partial charge in [-0.3, -0.25) is 15.5 Å². The Morgan fingerprint density at radius 2 is 2.10 bits per heavy atom. The molecule has 51 valence electrons. The van der Waals surface area contributed by atoms with Crippen molar-refractivity contribution in [1.29, 1.82) is 0 Å². The average Bonchev–Trinajstić information content (AvgIpc) is 1.88. The molecular formula is C7H7N2O. The summed E-state index contributed by atoms with van der Waals surface area (Å²) >= 11 is 0. The predicted octanol–water partition coefficient (Wildman–Crippen LogP) is 0.434. The van der Waals surface area contributed by atoms with Gasteiger partial charge in [0.1, 0.15) is 0 Å². The Labute approximate surface area is 58.9 Å². The maximum Gasteiger partial charge on any atom is 0.242 e. The fraction of sp³-hybridized carbons (Fsp3) is 0.143. The van der Waals surface area contributed by atoms with E-state index in [0.29, 0.717) is 0 Å². The first kappa shape index (κ1) is 6.74. The number of carbonyl (C=O) groups is 1. The van der Waals surface area contributed by atoms with Crippen LogP contribution in [0.2, 0.25) is 0 Å². The summed E-state index contributed by atoms with van der Waals surface area (Å²) in [5.74, 6) is -0.564. The zero-order valence-corrected chi connectivity index (χ0v) is 5.37. The fourth-order valence-electron chi connectivity index (χ4n) is 0.686. The molecule has 0 fully saturated rings. The molecule has 0 bridgehead atoms. The second-order valence-electron chi connectivity index (χ2n) is 1.96. The zero-order valence-electron chi connectivity index (χ0n) is 5.37. The van der Waals surface area contributed by atoms with Gasteiger partial charge in [0.15, 0.2) is 0 Å². The lowest BCUT2D eigenvalue weighted by Gasteiger charge is -1.92. The van der Waals surface area contributed by atoms with Gasteiger partial charge in [0, 0.05) is 12.4 Å². The van der Waals surface area contributed by atoms with Crippen LogP contribution < -0.4 is 5.73 Å². The van der Waals surface area contributed by atoms with Gasteiger partial charge in [-0.15, -0.1) is 0 Å². The van der Waals surface area contributed by atoms with Crippen LogP contribution in [-0.2, 0) is 11.2 Å². The van der Waals surface area contributed by atoms with Crippen LogP contribution in [0.3, 0.4) is 0 Å². The molecule has 1 rings (SSSR count). The molecule has 0 aromatic carbocycles. The van der Waals surface area contributed by atoms with E-state index < -0.39 is 5.91 Å². The molecule has 10 heavy (non-hydrogen) atoms.